The molecule has 30 heavy (non-hydrogen) atoms. The van der Waals surface area contributed by atoms with E-state index in [1.54, 1.807) is 11.8 Å². The summed E-state index contributed by atoms with van der Waals surface area (Å²) in [7, 11) is 2.10. The zero-order valence-corrected chi connectivity index (χ0v) is 19.4. The standard InChI is InChI=1S/C23H33N5OS/c1-5-20-16-21(27(6-2)7-3)25-23(24-20)30-17-18-8-10-19(11-9-18)22(29)28-14-12-26(4)13-15-28/h8-11,16H,5-7,12-15,17H2,1-4H3. The van der Waals surface area contributed by atoms with Gasteiger partial charge in [-0.1, -0.05) is 30.8 Å². The number of anilines is 1. The molecule has 1 aliphatic heterocycles. The molecular formula is C23H33N5OS. The van der Waals surface area contributed by atoms with Crippen molar-refractivity contribution in [2.45, 2.75) is 38.1 Å². The van der Waals surface area contributed by atoms with Crippen LogP contribution < -0.4 is 4.90 Å². The largest absolute Gasteiger partial charge is 0.357 e. The predicted octanol–water partition coefficient (Wildman–Crippen LogP) is 3.57. The second-order valence-corrected chi connectivity index (χ2v) is 8.55. The Balaban J connectivity index is 1.63. The fraction of sp³-hybridized carbons (Fsp3) is 0.522. The van der Waals surface area contributed by atoms with Crippen LogP contribution in [-0.4, -0.2) is 72.0 Å². The van der Waals surface area contributed by atoms with Crippen LogP contribution in [0, 0.1) is 0 Å². The van der Waals surface area contributed by atoms with Crippen LogP contribution in [0.1, 0.15) is 42.4 Å². The van der Waals surface area contributed by atoms with Gasteiger partial charge in [-0.3, -0.25) is 4.79 Å². The molecule has 1 saturated heterocycles. The predicted molar refractivity (Wildman–Crippen MR) is 124 cm³/mol. The number of thioether (sulfide) groups is 1. The van der Waals surface area contributed by atoms with Gasteiger partial charge in [0.15, 0.2) is 5.16 Å². The molecule has 0 unspecified atom stereocenters. The van der Waals surface area contributed by atoms with E-state index in [1.165, 1.54) is 5.56 Å². The van der Waals surface area contributed by atoms with Gasteiger partial charge in [-0.25, -0.2) is 9.97 Å². The summed E-state index contributed by atoms with van der Waals surface area (Å²) in [5.74, 6) is 1.92. The van der Waals surface area contributed by atoms with Crippen molar-refractivity contribution >= 4 is 23.5 Å². The maximum absolute atomic E-state index is 12.7. The summed E-state index contributed by atoms with van der Waals surface area (Å²) in [5, 5.41) is 0.814. The molecule has 3 rings (SSSR count). The van der Waals surface area contributed by atoms with Gasteiger partial charge in [0.05, 0.1) is 0 Å². The van der Waals surface area contributed by atoms with Crippen molar-refractivity contribution < 1.29 is 4.79 Å². The number of rotatable bonds is 8. The highest BCUT2D eigenvalue weighted by Crippen LogP contribution is 2.23. The quantitative estimate of drug-likeness (QED) is 0.474. The number of amides is 1. The summed E-state index contributed by atoms with van der Waals surface area (Å²) in [4.78, 5) is 28.6. The van der Waals surface area contributed by atoms with Crippen molar-refractivity contribution in [1.29, 1.82) is 0 Å². The van der Waals surface area contributed by atoms with Gasteiger partial charge in [0.25, 0.3) is 5.91 Å². The van der Waals surface area contributed by atoms with E-state index in [2.05, 4.69) is 43.7 Å². The number of likely N-dealkylation sites (N-methyl/N-ethyl adjacent to an activating group) is 1. The first-order valence-electron chi connectivity index (χ1n) is 10.9. The number of nitrogens with zero attached hydrogens (tertiary/aromatic N) is 5. The maximum atomic E-state index is 12.7. The van der Waals surface area contributed by atoms with E-state index in [4.69, 9.17) is 9.97 Å². The van der Waals surface area contributed by atoms with Crippen LogP contribution in [0.4, 0.5) is 5.82 Å². The molecule has 162 valence electrons. The number of hydrogen-bond donors (Lipinski definition) is 0. The molecule has 1 aromatic heterocycles. The van der Waals surface area contributed by atoms with E-state index in [-0.39, 0.29) is 5.91 Å². The van der Waals surface area contributed by atoms with Crippen molar-refractivity contribution in [2.75, 3.05) is 51.2 Å². The van der Waals surface area contributed by atoms with Gasteiger partial charge in [0, 0.05) is 62.3 Å². The van der Waals surface area contributed by atoms with Crippen LogP contribution in [0.5, 0.6) is 0 Å². The third kappa shape index (κ3) is 5.73. The molecule has 2 heterocycles. The smallest absolute Gasteiger partial charge is 0.253 e. The summed E-state index contributed by atoms with van der Waals surface area (Å²) in [6.45, 7) is 11.8. The Morgan fingerprint density at radius 3 is 2.30 bits per heavy atom. The average molecular weight is 428 g/mol. The topological polar surface area (TPSA) is 52.6 Å². The molecule has 0 atom stereocenters. The van der Waals surface area contributed by atoms with Crippen LogP contribution >= 0.6 is 11.8 Å². The monoisotopic (exact) mass is 427 g/mol. The second-order valence-electron chi connectivity index (χ2n) is 7.61. The number of piperazine rings is 1. The Bertz CT molecular complexity index is 830. The SMILES string of the molecule is CCc1cc(N(CC)CC)nc(SCc2ccc(C(=O)N3CCN(C)CC3)cc2)n1. The van der Waals surface area contributed by atoms with E-state index in [1.807, 2.05) is 29.2 Å². The molecule has 1 aliphatic rings. The summed E-state index contributed by atoms with van der Waals surface area (Å²) < 4.78 is 0. The first kappa shape index (κ1) is 22.6. The lowest BCUT2D eigenvalue weighted by atomic mass is 10.1. The van der Waals surface area contributed by atoms with Gasteiger partial charge in [-0.2, -0.15) is 0 Å². The number of hydrogen-bond acceptors (Lipinski definition) is 6. The highest BCUT2D eigenvalue weighted by molar-refractivity contribution is 7.98. The molecule has 1 amide bonds. The van der Waals surface area contributed by atoms with E-state index in [9.17, 15) is 4.79 Å². The molecule has 0 aliphatic carbocycles. The zero-order valence-electron chi connectivity index (χ0n) is 18.6. The molecule has 1 aromatic carbocycles. The van der Waals surface area contributed by atoms with Crippen molar-refractivity contribution in [2.24, 2.45) is 0 Å². The van der Waals surface area contributed by atoms with Gasteiger partial charge in [-0.15, -0.1) is 0 Å². The van der Waals surface area contributed by atoms with E-state index in [0.29, 0.717) is 0 Å². The molecule has 0 spiro atoms. The Morgan fingerprint density at radius 2 is 1.70 bits per heavy atom. The molecule has 0 N–H and O–H groups in total. The first-order chi connectivity index (χ1) is 14.5. The van der Waals surface area contributed by atoms with Gasteiger partial charge >= 0.3 is 0 Å². The Kier molecular flexibility index (Phi) is 8.10. The van der Waals surface area contributed by atoms with Gasteiger partial charge in [0.2, 0.25) is 0 Å². The van der Waals surface area contributed by atoms with Gasteiger partial charge in [0.1, 0.15) is 5.82 Å². The number of aryl methyl sites for hydroxylation is 1. The summed E-state index contributed by atoms with van der Waals surface area (Å²) in [6.07, 6.45) is 0.896. The Morgan fingerprint density at radius 1 is 1.03 bits per heavy atom. The summed E-state index contributed by atoms with van der Waals surface area (Å²) >= 11 is 1.65. The molecule has 0 bridgehead atoms. The molecule has 2 aromatic rings. The fourth-order valence-corrected chi connectivity index (χ4v) is 4.33. The van der Waals surface area contributed by atoms with Crippen molar-refractivity contribution in [3.05, 3.63) is 47.2 Å². The third-order valence-corrected chi connectivity index (χ3v) is 6.47. The molecule has 7 heteroatoms. The van der Waals surface area contributed by atoms with E-state index >= 15 is 0 Å². The van der Waals surface area contributed by atoms with Crippen LogP contribution in [0.2, 0.25) is 0 Å². The minimum absolute atomic E-state index is 0.130. The molecule has 0 radical (unpaired) electrons. The number of benzene rings is 1. The van der Waals surface area contributed by atoms with Crippen LogP contribution in [0.15, 0.2) is 35.5 Å². The fourth-order valence-electron chi connectivity index (χ4n) is 3.50. The van der Waals surface area contributed by atoms with Crippen LogP contribution in [0.3, 0.4) is 0 Å². The molecule has 0 saturated carbocycles. The lowest BCUT2D eigenvalue weighted by molar-refractivity contribution is 0.0664. The van der Waals surface area contributed by atoms with Crippen LogP contribution in [0.25, 0.3) is 0 Å². The number of carbonyl (C=O) groups is 1. The van der Waals surface area contributed by atoms with Crippen molar-refractivity contribution in [3.8, 4) is 0 Å². The maximum Gasteiger partial charge on any atom is 0.253 e. The zero-order chi connectivity index (χ0) is 21.5. The molecular weight excluding hydrogens is 394 g/mol. The molecule has 6 nitrogen and oxygen atoms in total. The Hall–Kier alpha value is -2.12. The molecule has 1 fully saturated rings. The van der Waals surface area contributed by atoms with E-state index < -0.39 is 0 Å². The van der Waals surface area contributed by atoms with E-state index in [0.717, 1.165) is 73.7 Å². The van der Waals surface area contributed by atoms with Crippen molar-refractivity contribution in [1.82, 2.24) is 19.8 Å². The average Bonchev–Trinajstić information content (AvgIpc) is 2.79. The first-order valence-corrected chi connectivity index (χ1v) is 11.8. The minimum atomic E-state index is 0.130. The van der Waals surface area contributed by atoms with Crippen molar-refractivity contribution in [3.63, 3.8) is 0 Å². The Labute approximate surface area is 184 Å². The van der Waals surface area contributed by atoms with Crippen LogP contribution in [-0.2, 0) is 12.2 Å². The van der Waals surface area contributed by atoms with Gasteiger partial charge < -0.3 is 14.7 Å². The lowest BCUT2D eigenvalue weighted by Crippen LogP contribution is -2.47. The number of carbonyl (C=O) groups excluding carboxylic acids is 1. The normalized spacial score (nSPS) is 14.7. The second kappa shape index (κ2) is 10.8. The lowest BCUT2D eigenvalue weighted by Gasteiger charge is -2.32. The third-order valence-electron chi connectivity index (χ3n) is 5.55. The summed E-state index contributed by atoms with van der Waals surface area (Å²) in [5.41, 5.74) is 3.01. The number of aromatic nitrogens is 2. The van der Waals surface area contributed by atoms with Gasteiger partial charge in [-0.05, 0) is 45.0 Å². The highest BCUT2D eigenvalue weighted by atomic mass is 32.2. The minimum Gasteiger partial charge on any atom is -0.357 e. The highest BCUT2D eigenvalue weighted by Gasteiger charge is 2.20. The summed E-state index contributed by atoms with van der Waals surface area (Å²) in [6, 6.07) is 10.1.